The molecular formula is C60H104N2O7P+. The van der Waals surface area contributed by atoms with Crippen LogP contribution in [0.2, 0.25) is 0 Å². The molecule has 0 aliphatic carbocycles. The van der Waals surface area contributed by atoms with Crippen molar-refractivity contribution in [1.29, 1.82) is 0 Å². The SMILES string of the molecule is CC/C=C/C/C=C/C/C=C/C/C=C/CCCCCC(=O)NC(COP(=O)(O)OCC[N+](C)(C)C)C(/C=C/CCCCCCCCCCC)OC(=O)CCC/C=C\C/C=C\C/C=C\C/C=C\CCCCC. The number of allylic oxidation sites excluding steroid dienone is 17. The number of nitrogens with zero attached hydrogens (tertiary/aromatic N) is 1. The smallest absolute Gasteiger partial charge is 0.456 e. The molecule has 3 atom stereocenters. The molecule has 0 aliphatic rings. The Bertz CT molecular complexity index is 1570. The van der Waals surface area contributed by atoms with Crippen LogP contribution in [0.25, 0.3) is 0 Å². The molecule has 0 rings (SSSR count). The summed E-state index contributed by atoms with van der Waals surface area (Å²) in [4.78, 5) is 37.5. The van der Waals surface area contributed by atoms with E-state index < -0.39 is 25.9 Å². The quantitative estimate of drug-likeness (QED) is 0.0205. The van der Waals surface area contributed by atoms with Crippen molar-refractivity contribution in [3.05, 3.63) is 109 Å². The molecule has 0 aromatic rings. The second-order valence-corrected chi connectivity index (χ2v) is 20.8. The molecule has 9 nitrogen and oxygen atoms in total. The number of unbranched alkanes of at least 4 members (excludes halogenated alkanes) is 16. The minimum atomic E-state index is -4.47. The molecule has 1 amide bonds. The Kier molecular flexibility index (Phi) is 46.9. The number of hydrogen-bond acceptors (Lipinski definition) is 6. The standard InChI is InChI=1S/C60H103N2O7P/c1-7-10-13-16-19-22-25-27-29-31-33-35-38-41-44-47-50-53-60(64)69-58(51-48-45-42-39-36-24-21-18-15-12-9-3)57(56-68-70(65,66)67-55-54-62(4,5)6)61-59(63)52-49-46-43-40-37-34-32-30-28-26-23-20-17-14-11-8-2/h11,14,19-20,22-23,27-30,33-35,37,41,44,48,51,57-58H,7-10,12-13,15-18,21,24-26,31-32,36,38-40,42-43,45-47,49-50,52-56H2,1-6H3,(H-,61,63,65,66)/p+1/b14-11+,22-19-,23-20+,29-27-,30-28+,35-33-,37-34+,44-41-,51-48+. The molecule has 70 heavy (non-hydrogen) atoms. The van der Waals surface area contributed by atoms with E-state index in [1.165, 1.54) is 70.6 Å². The molecule has 0 saturated carbocycles. The van der Waals surface area contributed by atoms with Gasteiger partial charge in [-0.1, -0.05) is 195 Å². The lowest BCUT2D eigenvalue weighted by Gasteiger charge is -2.27. The van der Waals surface area contributed by atoms with Gasteiger partial charge in [0, 0.05) is 12.8 Å². The van der Waals surface area contributed by atoms with Crippen LogP contribution in [0, 0.1) is 0 Å². The maximum atomic E-state index is 13.5. The Morgan fingerprint density at radius 1 is 0.514 bits per heavy atom. The number of carbonyl (C=O) groups is 2. The van der Waals surface area contributed by atoms with Crippen LogP contribution < -0.4 is 5.32 Å². The van der Waals surface area contributed by atoms with Crippen molar-refractivity contribution >= 4 is 19.7 Å². The highest BCUT2D eigenvalue weighted by atomic mass is 31.2. The van der Waals surface area contributed by atoms with E-state index in [1.54, 1.807) is 0 Å². The van der Waals surface area contributed by atoms with Crippen molar-refractivity contribution in [3.63, 3.8) is 0 Å². The van der Waals surface area contributed by atoms with Gasteiger partial charge in [-0.2, -0.15) is 0 Å². The van der Waals surface area contributed by atoms with Gasteiger partial charge >= 0.3 is 13.8 Å². The summed E-state index contributed by atoms with van der Waals surface area (Å²) in [6.45, 7) is 6.77. The number of rotatable bonds is 48. The zero-order valence-corrected chi connectivity index (χ0v) is 46.4. The van der Waals surface area contributed by atoms with E-state index in [2.05, 4.69) is 123 Å². The van der Waals surface area contributed by atoms with Gasteiger partial charge in [0.15, 0.2) is 0 Å². The molecule has 0 bridgehead atoms. The highest BCUT2D eigenvalue weighted by Gasteiger charge is 2.30. The second-order valence-electron chi connectivity index (χ2n) is 19.4. The summed E-state index contributed by atoms with van der Waals surface area (Å²) >= 11 is 0. The summed E-state index contributed by atoms with van der Waals surface area (Å²) < 4.78 is 30.5. The van der Waals surface area contributed by atoms with Crippen molar-refractivity contribution in [1.82, 2.24) is 5.32 Å². The number of carbonyl (C=O) groups excluding carboxylic acids is 2. The molecule has 0 radical (unpaired) electrons. The zero-order valence-electron chi connectivity index (χ0n) is 45.5. The van der Waals surface area contributed by atoms with E-state index in [4.69, 9.17) is 13.8 Å². The molecule has 0 aromatic carbocycles. The average molecular weight is 996 g/mol. The number of nitrogens with one attached hydrogen (secondary N) is 1. The lowest BCUT2D eigenvalue weighted by atomic mass is 10.1. The van der Waals surface area contributed by atoms with Gasteiger partial charge in [0.05, 0.1) is 33.8 Å². The third-order valence-corrected chi connectivity index (χ3v) is 12.4. The first kappa shape index (κ1) is 66.7. The lowest BCUT2D eigenvalue weighted by molar-refractivity contribution is -0.870. The van der Waals surface area contributed by atoms with Gasteiger partial charge in [-0.3, -0.25) is 18.6 Å². The number of hydrogen-bond donors (Lipinski definition) is 2. The lowest BCUT2D eigenvalue weighted by Crippen LogP contribution is -2.47. The molecular weight excluding hydrogens is 892 g/mol. The van der Waals surface area contributed by atoms with Crippen LogP contribution in [-0.2, 0) is 27.9 Å². The first-order valence-electron chi connectivity index (χ1n) is 27.7. The normalized spacial score (nSPS) is 14.7. The van der Waals surface area contributed by atoms with E-state index in [9.17, 15) is 19.0 Å². The summed E-state index contributed by atoms with van der Waals surface area (Å²) in [6, 6.07) is -0.892. The molecule has 0 spiro atoms. The monoisotopic (exact) mass is 996 g/mol. The van der Waals surface area contributed by atoms with Crippen molar-refractivity contribution in [2.45, 2.75) is 219 Å². The Balaban J connectivity index is 5.52. The number of likely N-dealkylation sites (N-methyl/N-ethyl adjacent to an activating group) is 1. The fraction of sp³-hybridized carbons (Fsp3) is 0.667. The molecule has 2 N–H and O–H groups in total. The van der Waals surface area contributed by atoms with E-state index in [0.29, 0.717) is 23.9 Å². The molecule has 10 heteroatoms. The van der Waals surface area contributed by atoms with Crippen molar-refractivity contribution in [3.8, 4) is 0 Å². The van der Waals surface area contributed by atoms with Crippen LogP contribution in [0.3, 0.4) is 0 Å². The summed E-state index contributed by atoms with van der Waals surface area (Å²) in [5.41, 5.74) is 0. The largest absolute Gasteiger partial charge is 0.472 e. The highest BCUT2D eigenvalue weighted by molar-refractivity contribution is 7.47. The van der Waals surface area contributed by atoms with Crippen molar-refractivity contribution < 1.29 is 37.3 Å². The third kappa shape index (κ3) is 49.6. The molecule has 3 unspecified atom stereocenters. The van der Waals surface area contributed by atoms with Gasteiger partial charge in [0.2, 0.25) is 5.91 Å². The first-order valence-corrected chi connectivity index (χ1v) is 29.2. The number of phosphoric acid groups is 1. The fourth-order valence-electron chi connectivity index (χ4n) is 7.16. The molecule has 0 aromatic heterocycles. The second kappa shape index (κ2) is 49.3. The van der Waals surface area contributed by atoms with Gasteiger partial charge in [0.25, 0.3) is 0 Å². The van der Waals surface area contributed by atoms with Gasteiger partial charge < -0.3 is 19.4 Å². The molecule has 400 valence electrons. The van der Waals surface area contributed by atoms with Crippen molar-refractivity contribution in [2.24, 2.45) is 0 Å². The van der Waals surface area contributed by atoms with Gasteiger partial charge in [-0.25, -0.2) is 4.57 Å². The van der Waals surface area contributed by atoms with E-state index in [-0.39, 0.29) is 32.0 Å². The maximum absolute atomic E-state index is 13.5. The highest BCUT2D eigenvalue weighted by Crippen LogP contribution is 2.43. The average Bonchev–Trinajstić information content (AvgIpc) is 3.32. The number of amides is 1. The van der Waals surface area contributed by atoms with Crippen LogP contribution in [0.1, 0.15) is 207 Å². The summed E-state index contributed by atoms with van der Waals surface area (Å²) in [5, 5.41) is 3.01. The summed E-state index contributed by atoms with van der Waals surface area (Å²) in [7, 11) is 1.43. The number of phosphoric ester groups is 1. The number of quaternary nitrogens is 1. The molecule has 0 aliphatic heterocycles. The van der Waals surface area contributed by atoms with Crippen LogP contribution >= 0.6 is 7.82 Å². The van der Waals surface area contributed by atoms with E-state index in [1.807, 2.05) is 33.3 Å². The summed E-state index contributed by atoms with van der Waals surface area (Å²) in [6.07, 6.45) is 66.7. The number of esters is 1. The van der Waals surface area contributed by atoms with Crippen LogP contribution in [0.4, 0.5) is 0 Å². The Labute approximate surface area is 430 Å². The molecule has 0 fully saturated rings. The zero-order chi connectivity index (χ0) is 51.5. The van der Waals surface area contributed by atoms with Gasteiger partial charge in [-0.15, -0.1) is 0 Å². The van der Waals surface area contributed by atoms with Gasteiger partial charge in [0.1, 0.15) is 19.3 Å². The Morgan fingerprint density at radius 2 is 0.929 bits per heavy atom. The fourth-order valence-corrected chi connectivity index (χ4v) is 7.89. The number of ether oxygens (including phenoxy) is 1. The minimum absolute atomic E-state index is 0.0196. The first-order chi connectivity index (χ1) is 33.9. The topological polar surface area (TPSA) is 111 Å². The Morgan fingerprint density at radius 3 is 1.43 bits per heavy atom. The van der Waals surface area contributed by atoms with E-state index in [0.717, 1.165) is 89.9 Å². The molecule has 0 saturated heterocycles. The van der Waals surface area contributed by atoms with Crippen LogP contribution in [0.5, 0.6) is 0 Å². The van der Waals surface area contributed by atoms with Crippen LogP contribution in [0.15, 0.2) is 109 Å². The van der Waals surface area contributed by atoms with E-state index >= 15 is 0 Å². The van der Waals surface area contributed by atoms with Crippen LogP contribution in [-0.4, -0.2) is 74.3 Å². The predicted octanol–water partition coefficient (Wildman–Crippen LogP) is 16.6. The third-order valence-electron chi connectivity index (χ3n) is 11.4. The Hall–Kier alpha value is -3.33. The maximum Gasteiger partial charge on any atom is 0.472 e. The minimum Gasteiger partial charge on any atom is -0.456 e. The van der Waals surface area contributed by atoms with Gasteiger partial charge in [-0.05, 0) is 109 Å². The summed E-state index contributed by atoms with van der Waals surface area (Å²) in [5.74, 6) is -0.618. The van der Waals surface area contributed by atoms with Crippen molar-refractivity contribution in [2.75, 3.05) is 40.9 Å². The molecule has 0 heterocycles. The predicted molar refractivity (Wildman–Crippen MR) is 300 cm³/mol.